The Morgan fingerprint density at radius 2 is 0.829 bits per heavy atom. The summed E-state index contributed by atoms with van der Waals surface area (Å²) in [5.41, 5.74) is 3.87. The highest BCUT2D eigenvalue weighted by Crippen LogP contribution is 2.34. The minimum Gasteiger partial charge on any atom is -0.355 e. The van der Waals surface area contributed by atoms with E-state index in [1.807, 2.05) is 97.1 Å². The van der Waals surface area contributed by atoms with Gasteiger partial charge in [-0.2, -0.15) is 0 Å². The van der Waals surface area contributed by atoms with Crippen LogP contribution < -0.4 is 5.32 Å². The number of fused-ring (bicyclic) bond motifs is 2. The summed E-state index contributed by atoms with van der Waals surface area (Å²) < 4.78 is 30.3. The van der Waals surface area contributed by atoms with E-state index in [1.165, 1.54) is 12.1 Å². The number of hydrogen-bond donors (Lipinski definition) is 1. The molecule has 0 aliphatic heterocycles. The van der Waals surface area contributed by atoms with Crippen LogP contribution in [0, 0.1) is 11.6 Å². The molecule has 35 heavy (non-hydrogen) atoms. The van der Waals surface area contributed by atoms with Gasteiger partial charge in [-0.3, -0.25) is 0 Å². The monoisotopic (exact) mass is 457 g/mol. The van der Waals surface area contributed by atoms with Crippen LogP contribution in [0.15, 0.2) is 121 Å². The summed E-state index contributed by atoms with van der Waals surface area (Å²) in [7, 11) is 0. The highest BCUT2D eigenvalue weighted by Gasteiger charge is 2.12. The van der Waals surface area contributed by atoms with E-state index >= 15 is 8.78 Å². The molecule has 0 fully saturated rings. The van der Waals surface area contributed by atoms with Gasteiger partial charge < -0.3 is 5.32 Å². The average molecular weight is 458 g/mol. The molecular weight excluding hydrogens is 436 g/mol. The summed E-state index contributed by atoms with van der Waals surface area (Å²) in [6, 6.07) is 37.7. The van der Waals surface area contributed by atoms with Crippen LogP contribution in [-0.4, -0.2) is 0 Å². The van der Waals surface area contributed by atoms with Crippen LogP contribution in [0.25, 0.3) is 43.8 Å². The molecule has 0 radical (unpaired) electrons. The lowest BCUT2D eigenvalue weighted by Crippen LogP contribution is -1.95. The van der Waals surface area contributed by atoms with Gasteiger partial charge in [0.1, 0.15) is 11.6 Å². The van der Waals surface area contributed by atoms with Gasteiger partial charge in [0.25, 0.3) is 0 Å². The quantitative estimate of drug-likeness (QED) is 0.278. The van der Waals surface area contributed by atoms with Crippen LogP contribution in [0.2, 0.25) is 0 Å². The van der Waals surface area contributed by atoms with Crippen molar-refractivity contribution in [2.24, 2.45) is 0 Å². The molecule has 0 atom stereocenters. The van der Waals surface area contributed by atoms with Crippen molar-refractivity contribution < 1.29 is 8.78 Å². The number of hydrogen-bond acceptors (Lipinski definition) is 1. The van der Waals surface area contributed by atoms with Crippen LogP contribution in [0.1, 0.15) is 0 Å². The van der Waals surface area contributed by atoms with Crippen molar-refractivity contribution in [2.75, 3.05) is 5.32 Å². The fourth-order valence-corrected chi connectivity index (χ4v) is 4.71. The first-order valence-electron chi connectivity index (χ1n) is 11.5. The Bertz CT molecular complexity index is 1570. The summed E-state index contributed by atoms with van der Waals surface area (Å²) >= 11 is 0. The van der Waals surface area contributed by atoms with Gasteiger partial charge in [0.05, 0.1) is 0 Å². The second-order valence-corrected chi connectivity index (χ2v) is 8.57. The van der Waals surface area contributed by atoms with Crippen molar-refractivity contribution >= 4 is 32.9 Å². The van der Waals surface area contributed by atoms with Crippen molar-refractivity contribution in [3.63, 3.8) is 0 Å². The maximum absolute atomic E-state index is 15.2. The smallest absolute Gasteiger partial charge is 0.133 e. The summed E-state index contributed by atoms with van der Waals surface area (Å²) in [6.45, 7) is 0. The van der Waals surface area contributed by atoms with E-state index in [0.717, 1.165) is 32.7 Å². The zero-order chi connectivity index (χ0) is 23.8. The van der Waals surface area contributed by atoms with Gasteiger partial charge in [-0.05, 0) is 69.1 Å². The number of nitrogens with one attached hydrogen (secondary N) is 1. The first-order chi connectivity index (χ1) is 17.2. The van der Waals surface area contributed by atoms with E-state index in [1.54, 1.807) is 12.1 Å². The third kappa shape index (κ3) is 3.91. The standard InChI is InChI=1S/C32H21F2N/c33-31-19-23(15-17-29(31)27-13-5-9-21-7-1-3-11-25(21)27)35-24-16-18-30(32(34)20-24)28-14-6-10-22-8-2-4-12-26(22)28/h1-20,35H. The van der Waals surface area contributed by atoms with E-state index in [4.69, 9.17) is 0 Å². The van der Waals surface area contributed by atoms with E-state index < -0.39 is 0 Å². The molecule has 0 saturated heterocycles. The number of halogens is 2. The Balaban J connectivity index is 1.31. The van der Waals surface area contributed by atoms with Gasteiger partial charge in [-0.1, -0.05) is 84.9 Å². The van der Waals surface area contributed by atoms with Crippen LogP contribution in [0.4, 0.5) is 20.2 Å². The van der Waals surface area contributed by atoms with Gasteiger partial charge in [0, 0.05) is 22.5 Å². The van der Waals surface area contributed by atoms with Gasteiger partial charge in [0.2, 0.25) is 0 Å². The Morgan fingerprint density at radius 3 is 1.29 bits per heavy atom. The van der Waals surface area contributed by atoms with Gasteiger partial charge in [-0.15, -0.1) is 0 Å². The van der Waals surface area contributed by atoms with E-state index in [0.29, 0.717) is 22.5 Å². The molecule has 1 N–H and O–H groups in total. The van der Waals surface area contributed by atoms with Crippen LogP contribution >= 0.6 is 0 Å². The minimum atomic E-state index is -0.334. The molecule has 3 heteroatoms. The maximum atomic E-state index is 15.2. The summed E-state index contributed by atoms with van der Waals surface area (Å²) in [6.07, 6.45) is 0. The molecule has 168 valence electrons. The number of benzene rings is 6. The third-order valence-corrected chi connectivity index (χ3v) is 6.39. The molecule has 0 bridgehead atoms. The van der Waals surface area contributed by atoms with Crippen molar-refractivity contribution in [3.8, 4) is 22.3 Å². The largest absolute Gasteiger partial charge is 0.355 e. The number of rotatable bonds is 4. The Hall–Kier alpha value is -4.50. The molecule has 0 aliphatic rings. The lowest BCUT2D eigenvalue weighted by atomic mass is 9.97. The molecule has 0 saturated carbocycles. The lowest BCUT2D eigenvalue weighted by Gasteiger charge is -2.13. The number of anilines is 2. The molecule has 0 aromatic heterocycles. The summed E-state index contributed by atoms with van der Waals surface area (Å²) in [4.78, 5) is 0. The minimum absolute atomic E-state index is 0.334. The molecule has 0 spiro atoms. The van der Waals surface area contributed by atoms with Crippen LogP contribution in [-0.2, 0) is 0 Å². The molecule has 0 aliphatic carbocycles. The molecule has 6 aromatic rings. The zero-order valence-corrected chi connectivity index (χ0v) is 18.8. The first kappa shape index (κ1) is 21.1. The lowest BCUT2D eigenvalue weighted by molar-refractivity contribution is 0.631. The highest BCUT2D eigenvalue weighted by molar-refractivity contribution is 5.98. The Morgan fingerprint density at radius 1 is 0.400 bits per heavy atom. The normalized spacial score (nSPS) is 11.1. The second kappa shape index (κ2) is 8.69. The molecule has 0 unspecified atom stereocenters. The fraction of sp³-hybridized carbons (Fsp3) is 0. The third-order valence-electron chi connectivity index (χ3n) is 6.39. The first-order valence-corrected chi connectivity index (χ1v) is 11.5. The second-order valence-electron chi connectivity index (χ2n) is 8.57. The van der Waals surface area contributed by atoms with E-state index in [9.17, 15) is 0 Å². The van der Waals surface area contributed by atoms with Gasteiger partial charge >= 0.3 is 0 Å². The predicted molar refractivity (Wildman–Crippen MR) is 142 cm³/mol. The van der Waals surface area contributed by atoms with E-state index in [2.05, 4.69) is 5.32 Å². The molecule has 0 amide bonds. The fourth-order valence-electron chi connectivity index (χ4n) is 4.71. The molecule has 6 aromatic carbocycles. The average Bonchev–Trinajstić information content (AvgIpc) is 2.89. The molecular formula is C32H21F2N. The van der Waals surface area contributed by atoms with Crippen molar-refractivity contribution in [1.82, 2.24) is 0 Å². The molecule has 1 nitrogen and oxygen atoms in total. The van der Waals surface area contributed by atoms with Crippen molar-refractivity contribution in [1.29, 1.82) is 0 Å². The maximum Gasteiger partial charge on any atom is 0.133 e. The van der Waals surface area contributed by atoms with Gasteiger partial charge in [0.15, 0.2) is 0 Å². The Kier molecular flexibility index (Phi) is 5.23. The van der Waals surface area contributed by atoms with Crippen molar-refractivity contribution in [3.05, 3.63) is 133 Å². The molecule has 6 rings (SSSR count). The summed E-state index contributed by atoms with van der Waals surface area (Å²) in [5, 5.41) is 7.27. The zero-order valence-electron chi connectivity index (χ0n) is 18.8. The van der Waals surface area contributed by atoms with E-state index in [-0.39, 0.29) is 11.6 Å². The van der Waals surface area contributed by atoms with Crippen molar-refractivity contribution in [2.45, 2.75) is 0 Å². The van der Waals surface area contributed by atoms with Crippen LogP contribution in [0.3, 0.4) is 0 Å². The summed E-state index contributed by atoms with van der Waals surface area (Å²) in [5.74, 6) is -0.668. The Labute approximate surface area is 202 Å². The topological polar surface area (TPSA) is 12.0 Å². The molecule has 0 heterocycles. The highest BCUT2D eigenvalue weighted by atomic mass is 19.1. The predicted octanol–water partition coefficient (Wildman–Crippen LogP) is 9.35. The van der Waals surface area contributed by atoms with Crippen LogP contribution in [0.5, 0.6) is 0 Å². The van der Waals surface area contributed by atoms with Gasteiger partial charge in [-0.25, -0.2) is 8.78 Å². The SMILES string of the molecule is Fc1cc(Nc2ccc(-c3cccc4ccccc34)c(F)c2)ccc1-c1cccc2ccccc12.